The number of nitrogens with two attached hydrogens (primary N) is 2. The third kappa shape index (κ3) is 11.2. The molecule has 2 aromatic rings. The number of carboxylic acids is 2. The maximum Gasteiger partial charge on any atom is 0.326 e. The molecule has 15 heteroatoms. The van der Waals surface area contributed by atoms with E-state index < -0.39 is 72.2 Å². The Morgan fingerprint density at radius 1 is 0.844 bits per heavy atom. The van der Waals surface area contributed by atoms with Crippen molar-refractivity contribution in [2.75, 3.05) is 6.54 Å². The highest BCUT2D eigenvalue weighted by molar-refractivity contribution is 5.96. The van der Waals surface area contributed by atoms with Crippen LogP contribution in [-0.2, 0) is 35.2 Å². The third-order valence-corrected chi connectivity index (χ3v) is 7.62. The number of carboxylic acid groups (broad SMARTS) is 2. The molecular formula is C30H45N7O8. The van der Waals surface area contributed by atoms with Crippen LogP contribution in [0.1, 0.15) is 58.4 Å². The Hall–Kier alpha value is -4.50. The molecule has 1 aromatic carbocycles. The van der Waals surface area contributed by atoms with Gasteiger partial charge >= 0.3 is 11.9 Å². The zero-order valence-corrected chi connectivity index (χ0v) is 25.8. The maximum atomic E-state index is 13.6. The SMILES string of the molecule is CC[C@H](C)[C@H](N)C(=O)N[C@@H](CCCCN)C(=O)N[C@@H](Cc1c[nH]c2ccccc12)C(=O)N[C@@H](C)C(=O)N[C@@H](CC(=O)O)C(=O)O. The Bertz CT molecular complexity index is 1350. The summed E-state index contributed by atoms with van der Waals surface area (Å²) in [5.74, 6) is -5.95. The van der Waals surface area contributed by atoms with Crippen LogP contribution >= 0.6 is 0 Å². The zero-order chi connectivity index (χ0) is 33.7. The standard InChI is InChI=1S/C30H45N7O8/c1-4-16(2)25(32)29(43)35-21(11-7-8-12-31)27(41)36-22(13-18-15-33-20-10-6-5-9-19(18)20)28(42)34-17(3)26(40)37-23(30(44)45)14-24(38)39/h5-6,9-10,15-17,21-23,25,33H,4,7-8,11-14,31-32H2,1-3H3,(H,34,42)(H,35,43)(H,36,41)(H,37,40)(H,38,39)(H,44,45)/t16-,17-,21-,22-,23-,25-/m0/s1. The van der Waals surface area contributed by atoms with E-state index in [-0.39, 0.29) is 18.8 Å². The molecule has 0 spiro atoms. The minimum absolute atomic E-state index is 0.00252. The molecule has 0 fully saturated rings. The minimum Gasteiger partial charge on any atom is -0.481 e. The van der Waals surface area contributed by atoms with Crippen LogP contribution in [0.25, 0.3) is 10.9 Å². The van der Waals surface area contributed by atoms with Gasteiger partial charge < -0.3 is 47.9 Å². The topological polar surface area (TPSA) is 259 Å². The fraction of sp³-hybridized carbons (Fsp3) is 0.533. The fourth-order valence-corrected chi connectivity index (χ4v) is 4.59. The van der Waals surface area contributed by atoms with Crippen molar-refractivity contribution in [3.63, 3.8) is 0 Å². The lowest BCUT2D eigenvalue weighted by molar-refractivity contribution is -0.147. The Morgan fingerprint density at radius 3 is 2.09 bits per heavy atom. The lowest BCUT2D eigenvalue weighted by atomic mass is 9.98. The molecule has 0 radical (unpaired) electrons. The smallest absolute Gasteiger partial charge is 0.326 e. The van der Waals surface area contributed by atoms with Crippen molar-refractivity contribution >= 4 is 46.5 Å². The molecule has 1 heterocycles. The van der Waals surface area contributed by atoms with Gasteiger partial charge in [0.1, 0.15) is 24.2 Å². The predicted octanol–water partition coefficient (Wildman–Crippen LogP) is -0.269. The molecule has 0 aliphatic carbocycles. The van der Waals surface area contributed by atoms with Gasteiger partial charge in [0.25, 0.3) is 0 Å². The predicted molar refractivity (Wildman–Crippen MR) is 166 cm³/mol. The number of rotatable bonds is 19. The van der Waals surface area contributed by atoms with E-state index in [1.807, 2.05) is 38.1 Å². The van der Waals surface area contributed by atoms with E-state index in [0.29, 0.717) is 31.4 Å². The number of aromatic nitrogens is 1. The average Bonchev–Trinajstić information content (AvgIpc) is 3.41. The van der Waals surface area contributed by atoms with Crippen LogP contribution in [0.5, 0.6) is 0 Å². The molecule has 0 saturated carbocycles. The fourth-order valence-electron chi connectivity index (χ4n) is 4.59. The summed E-state index contributed by atoms with van der Waals surface area (Å²) in [5, 5.41) is 29.0. The first-order chi connectivity index (χ1) is 21.3. The number of para-hydroxylation sites is 1. The molecule has 0 unspecified atom stereocenters. The minimum atomic E-state index is -1.71. The lowest BCUT2D eigenvalue weighted by Crippen LogP contribution is -2.58. The summed E-state index contributed by atoms with van der Waals surface area (Å²) in [6.07, 6.45) is 2.85. The number of hydrogen-bond donors (Lipinski definition) is 9. The Balaban J connectivity index is 2.31. The van der Waals surface area contributed by atoms with Crippen molar-refractivity contribution in [2.24, 2.45) is 17.4 Å². The Morgan fingerprint density at radius 2 is 1.47 bits per heavy atom. The first kappa shape index (κ1) is 36.7. The number of nitrogens with one attached hydrogen (secondary N) is 5. The van der Waals surface area contributed by atoms with Gasteiger partial charge in [-0.25, -0.2) is 4.79 Å². The molecule has 2 rings (SSSR count). The number of unbranched alkanes of at least 4 members (excludes halogenated alkanes) is 1. The van der Waals surface area contributed by atoms with Crippen molar-refractivity contribution in [3.8, 4) is 0 Å². The molecule has 0 saturated heterocycles. The lowest BCUT2D eigenvalue weighted by Gasteiger charge is -2.26. The summed E-state index contributed by atoms with van der Waals surface area (Å²) in [5.41, 5.74) is 13.2. The van der Waals surface area contributed by atoms with Crippen LogP contribution in [0, 0.1) is 5.92 Å². The highest BCUT2D eigenvalue weighted by Gasteiger charge is 2.32. The van der Waals surface area contributed by atoms with Gasteiger partial charge in [0.05, 0.1) is 12.5 Å². The highest BCUT2D eigenvalue weighted by Crippen LogP contribution is 2.19. The maximum absolute atomic E-state index is 13.6. The van der Waals surface area contributed by atoms with Gasteiger partial charge in [-0.15, -0.1) is 0 Å². The molecule has 1 aromatic heterocycles. The highest BCUT2D eigenvalue weighted by atomic mass is 16.4. The van der Waals surface area contributed by atoms with Gasteiger partial charge in [-0.2, -0.15) is 0 Å². The van der Waals surface area contributed by atoms with Crippen LogP contribution in [0.2, 0.25) is 0 Å². The van der Waals surface area contributed by atoms with E-state index in [1.165, 1.54) is 6.92 Å². The second kappa shape index (κ2) is 17.7. The third-order valence-electron chi connectivity index (χ3n) is 7.62. The zero-order valence-electron chi connectivity index (χ0n) is 25.8. The van der Waals surface area contributed by atoms with Crippen molar-refractivity contribution in [1.82, 2.24) is 26.3 Å². The second-order valence-electron chi connectivity index (χ2n) is 11.1. The first-order valence-electron chi connectivity index (χ1n) is 15.0. The van der Waals surface area contributed by atoms with Crippen LogP contribution < -0.4 is 32.7 Å². The van der Waals surface area contributed by atoms with Crippen LogP contribution in [0.15, 0.2) is 30.5 Å². The van der Waals surface area contributed by atoms with E-state index >= 15 is 0 Å². The molecule has 0 aliphatic rings. The molecule has 0 bridgehead atoms. The van der Waals surface area contributed by atoms with Gasteiger partial charge in [0.2, 0.25) is 23.6 Å². The quantitative estimate of drug-likeness (QED) is 0.0917. The van der Waals surface area contributed by atoms with Crippen molar-refractivity contribution in [2.45, 2.75) is 89.5 Å². The van der Waals surface area contributed by atoms with E-state index in [9.17, 15) is 33.9 Å². The molecule has 15 nitrogen and oxygen atoms in total. The summed E-state index contributed by atoms with van der Waals surface area (Å²) < 4.78 is 0. The number of hydrogen-bond acceptors (Lipinski definition) is 8. The molecule has 45 heavy (non-hydrogen) atoms. The Labute approximate surface area is 261 Å². The van der Waals surface area contributed by atoms with Gasteiger partial charge in [-0.3, -0.25) is 24.0 Å². The number of fused-ring (bicyclic) bond motifs is 1. The second-order valence-corrected chi connectivity index (χ2v) is 11.1. The van der Waals surface area contributed by atoms with Crippen molar-refractivity contribution < 1.29 is 39.0 Å². The monoisotopic (exact) mass is 631 g/mol. The van der Waals surface area contributed by atoms with E-state index in [1.54, 1.807) is 6.20 Å². The summed E-state index contributed by atoms with van der Waals surface area (Å²) in [7, 11) is 0. The van der Waals surface area contributed by atoms with Crippen molar-refractivity contribution in [1.29, 1.82) is 0 Å². The molecule has 11 N–H and O–H groups in total. The van der Waals surface area contributed by atoms with E-state index in [2.05, 4.69) is 26.3 Å². The average molecular weight is 632 g/mol. The number of carbonyl (C=O) groups excluding carboxylic acids is 4. The van der Waals surface area contributed by atoms with Gasteiger partial charge in [-0.1, -0.05) is 38.5 Å². The molecule has 4 amide bonds. The number of aromatic amines is 1. The molecule has 0 aliphatic heterocycles. The van der Waals surface area contributed by atoms with Gasteiger partial charge in [-0.05, 0) is 50.3 Å². The van der Waals surface area contributed by atoms with Crippen molar-refractivity contribution in [3.05, 3.63) is 36.0 Å². The normalized spacial score (nSPS) is 15.1. The number of aliphatic carboxylic acids is 2. The first-order valence-corrected chi connectivity index (χ1v) is 15.0. The summed E-state index contributed by atoms with van der Waals surface area (Å²) in [6.45, 7) is 5.40. The number of H-pyrrole nitrogens is 1. The molecule has 6 atom stereocenters. The summed E-state index contributed by atoms with van der Waals surface area (Å²) >= 11 is 0. The number of amides is 4. The van der Waals surface area contributed by atoms with Gasteiger partial charge in [0.15, 0.2) is 0 Å². The van der Waals surface area contributed by atoms with Crippen LogP contribution in [0.4, 0.5) is 0 Å². The summed E-state index contributed by atoms with van der Waals surface area (Å²) in [4.78, 5) is 78.2. The molecule has 248 valence electrons. The van der Waals surface area contributed by atoms with E-state index in [4.69, 9.17) is 16.6 Å². The van der Waals surface area contributed by atoms with Gasteiger partial charge in [0, 0.05) is 23.5 Å². The van der Waals surface area contributed by atoms with E-state index in [0.717, 1.165) is 10.9 Å². The number of benzene rings is 1. The van der Waals surface area contributed by atoms with Crippen LogP contribution in [-0.4, -0.2) is 87.5 Å². The van der Waals surface area contributed by atoms with Crippen LogP contribution in [0.3, 0.4) is 0 Å². The number of carbonyl (C=O) groups is 6. The Kier molecular flexibility index (Phi) is 14.4. The largest absolute Gasteiger partial charge is 0.481 e. The molecular weight excluding hydrogens is 586 g/mol. The summed E-state index contributed by atoms with van der Waals surface area (Å²) in [6, 6.07) is 1.25.